The first kappa shape index (κ1) is 13.3. The van der Waals surface area contributed by atoms with Gasteiger partial charge >= 0.3 is 5.22 Å². The van der Waals surface area contributed by atoms with Gasteiger partial charge in [-0.05, 0) is 12.1 Å². The summed E-state index contributed by atoms with van der Waals surface area (Å²) in [5, 5.41) is -0.469. The Kier molecular flexibility index (Phi) is 3.19. The lowest BCUT2D eigenvalue weighted by Gasteiger charge is -2.08. The highest BCUT2D eigenvalue weighted by molar-refractivity contribution is 7.91. The van der Waals surface area contributed by atoms with Crippen molar-refractivity contribution >= 4 is 32.5 Å². The number of amides is 1. The summed E-state index contributed by atoms with van der Waals surface area (Å²) in [7, 11) is -0.935. The smallest absolute Gasteiger partial charge is 0.316 e. The van der Waals surface area contributed by atoms with Crippen LogP contribution in [0.4, 0.5) is 5.69 Å². The summed E-state index contributed by atoms with van der Waals surface area (Å²) in [4.78, 5) is 16.5. The molecule has 1 aromatic carbocycles. The highest BCUT2D eigenvalue weighted by atomic mass is 32.2. The zero-order valence-electron chi connectivity index (χ0n) is 10.5. The van der Waals surface area contributed by atoms with Crippen LogP contribution in [-0.4, -0.2) is 44.1 Å². The van der Waals surface area contributed by atoms with Crippen molar-refractivity contribution in [3.05, 3.63) is 18.2 Å². The number of carbonyl (C=O) groups excluding carboxylic acids is 1. The normalized spacial score (nSPS) is 11.7. The van der Waals surface area contributed by atoms with Crippen molar-refractivity contribution in [3.63, 3.8) is 0 Å². The van der Waals surface area contributed by atoms with Crippen LogP contribution in [0.2, 0.25) is 0 Å². The topological polar surface area (TPSA) is 106 Å². The van der Waals surface area contributed by atoms with Gasteiger partial charge in [-0.3, -0.25) is 4.79 Å². The molecule has 8 heteroatoms. The summed E-state index contributed by atoms with van der Waals surface area (Å²) in [6, 6.07) is 4.63. The van der Waals surface area contributed by atoms with Gasteiger partial charge in [-0.25, -0.2) is 8.42 Å². The van der Waals surface area contributed by atoms with Gasteiger partial charge in [-0.1, -0.05) is 0 Å². The number of nitrogens with zero attached hydrogens (tertiary/aromatic N) is 2. The van der Waals surface area contributed by atoms with Crippen LogP contribution in [0.15, 0.2) is 27.8 Å². The van der Waals surface area contributed by atoms with E-state index in [0.717, 1.165) is 0 Å². The first-order valence-corrected chi connectivity index (χ1v) is 7.04. The van der Waals surface area contributed by atoms with Crippen molar-refractivity contribution in [2.75, 3.05) is 25.6 Å². The summed E-state index contributed by atoms with van der Waals surface area (Å²) >= 11 is 0. The van der Waals surface area contributed by atoms with E-state index in [1.54, 1.807) is 12.1 Å². The first-order valence-electron chi connectivity index (χ1n) is 5.38. The van der Waals surface area contributed by atoms with Gasteiger partial charge in [0.25, 0.3) is 0 Å². The van der Waals surface area contributed by atoms with Crippen LogP contribution in [0.3, 0.4) is 0 Å². The highest BCUT2D eigenvalue weighted by Gasteiger charge is 2.26. The number of aromatic nitrogens is 1. The van der Waals surface area contributed by atoms with Crippen LogP contribution in [-0.2, 0) is 14.6 Å². The Labute approximate surface area is 109 Å². The molecule has 2 N–H and O–H groups in total. The van der Waals surface area contributed by atoms with Gasteiger partial charge in [0.15, 0.2) is 5.58 Å². The van der Waals surface area contributed by atoms with E-state index in [1.807, 2.05) is 0 Å². The van der Waals surface area contributed by atoms with E-state index in [4.69, 9.17) is 10.2 Å². The molecule has 0 unspecified atom stereocenters. The lowest BCUT2D eigenvalue weighted by atomic mass is 10.3. The lowest BCUT2D eigenvalue weighted by molar-refractivity contribution is -0.125. The molecule has 7 nitrogen and oxygen atoms in total. The van der Waals surface area contributed by atoms with Gasteiger partial charge in [-0.2, -0.15) is 4.98 Å². The number of sulfone groups is 1. The third kappa shape index (κ3) is 2.68. The molecule has 0 atom stereocenters. The Balaban J connectivity index is 2.40. The molecule has 0 fully saturated rings. The number of nitrogens with two attached hydrogens (primary N) is 1. The van der Waals surface area contributed by atoms with Gasteiger partial charge < -0.3 is 15.1 Å². The Morgan fingerprint density at radius 1 is 1.42 bits per heavy atom. The molecule has 0 aliphatic carbocycles. The third-order valence-electron chi connectivity index (χ3n) is 2.47. The van der Waals surface area contributed by atoms with E-state index in [9.17, 15) is 13.2 Å². The molecule has 102 valence electrons. The number of fused-ring (bicyclic) bond motifs is 1. The van der Waals surface area contributed by atoms with Crippen LogP contribution in [0.25, 0.3) is 11.1 Å². The molecule has 0 spiro atoms. The second-order valence-corrected chi connectivity index (χ2v) is 6.12. The second-order valence-electron chi connectivity index (χ2n) is 4.25. The largest absolute Gasteiger partial charge is 0.428 e. The number of carbonyl (C=O) groups is 1. The molecule has 0 saturated heterocycles. The van der Waals surface area contributed by atoms with Gasteiger partial charge in [0, 0.05) is 25.8 Å². The van der Waals surface area contributed by atoms with Crippen molar-refractivity contribution in [2.24, 2.45) is 0 Å². The van der Waals surface area contributed by atoms with Gasteiger partial charge in [0.1, 0.15) is 11.3 Å². The lowest BCUT2D eigenvalue weighted by Crippen LogP contribution is -2.29. The van der Waals surface area contributed by atoms with E-state index in [1.165, 1.54) is 25.1 Å². The molecule has 0 saturated carbocycles. The summed E-state index contributed by atoms with van der Waals surface area (Å²) in [5.74, 6) is -1.22. The van der Waals surface area contributed by atoms with E-state index in [0.29, 0.717) is 11.2 Å². The molecular weight excluding hydrogens is 270 g/mol. The molecule has 19 heavy (non-hydrogen) atoms. The van der Waals surface area contributed by atoms with E-state index in [-0.39, 0.29) is 5.58 Å². The second kappa shape index (κ2) is 4.54. The molecular formula is C11H13N3O4S. The number of hydrogen-bond donors (Lipinski definition) is 1. The quantitative estimate of drug-likeness (QED) is 0.810. The standard InChI is InChI=1S/C11H13N3O4S/c1-14(2)10(15)6-19(16,17)11-13-8-4-3-7(12)5-9(8)18-11/h3-5H,6,12H2,1-2H3. The van der Waals surface area contributed by atoms with Crippen LogP contribution in [0, 0.1) is 0 Å². The van der Waals surface area contributed by atoms with Crippen LogP contribution in [0.1, 0.15) is 0 Å². The third-order valence-corrected chi connectivity index (χ3v) is 3.80. The maximum absolute atomic E-state index is 12.0. The predicted molar refractivity (Wildman–Crippen MR) is 69.2 cm³/mol. The van der Waals surface area contributed by atoms with Crippen molar-refractivity contribution in [3.8, 4) is 0 Å². The summed E-state index contributed by atoms with van der Waals surface area (Å²) in [6.45, 7) is 0. The minimum atomic E-state index is -3.89. The number of hydrogen-bond acceptors (Lipinski definition) is 6. The molecule has 0 aliphatic heterocycles. The maximum atomic E-state index is 12.0. The van der Waals surface area contributed by atoms with Gasteiger partial charge in [0.2, 0.25) is 15.7 Å². The SMILES string of the molecule is CN(C)C(=O)CS(=O)(=O)c1nc2ccc(N)cc2o1. The maximum Gasteiger partial charge on any atom is 0.316 e. The number of anilines is 1. The van der Waals surface area contributed by atoms with Gasteiger partial charge in [0.05, 0.1) is 0 Å². The minimum absolute atomic E-state index is 0.274. The fraction of sp³-hybridized carbons (Fsp3) is 0.273. The summed E-state index contributed by atoms with van der Waals surface area (Å²) in [6.07, 6.45) is 0. The minimum Gasteiger partial charge on any atom is -0.428 e. The Morgan fingerprint density at radius 2 is 2.11 bits per heavy atom. The molecule has 0 bridgehead atoms. The van der Waals surface area contributed by atoms with Crippen LogP contribution < -0.4 is 5.73 Å². The van der Waals surface area contributed by atoms with Gasteiger partial charge in [-0.15, -0.1) is 0 Å². The van der Waals surface area contributed by atoms with Crippen LogP contribution >= 0.6 is 0 Å². The number of benzene rings is 1. The fourth-order valence-electron chi connectivity index (χ4n) is 1.41. The Bertz CT molecular complexity index is 733. The molecule has 2 aromatic rings. The highest BCUT2D eigenvalue weighted by Crippen LogP contribution is 2.21. The van der Waals surface area contributed by atoms with Crippen molar-refractivity contribution < 1.29 is 17.6 Å². The summed E-state index contributed by atoms with van der Waals surface area (Å²) in [5.41, 5.74) is 6.66. The molecule has 1 heterocycles. The van der Waals surface area contributed by atoms with Crippen LogP contribution in [0.5, 0.6) is 0 Å². The Hall–Kier alpha value is -2.09. The number of nitrogen functional groups attached to an aromatic ring is 1. The molecule has 1 amide bonds. The van der Waals surface area contributed by atoms with Crippen molar-refractivity contribution in [2.45, 2.75) is 5.22 Å². The molecule has 0 radical (unpaired) electrons. The monoisotopic (exact) mass is 283 g/mol. The molecule has 0 aliphatic rings. The van der Waals surface area contributed by atoms with E-state index in [2.05, 4.69) is 4.98 Å². The fourth-order valence-corrected chi connectivity index (χ4v) is 2.57. The molecule has 1 aromatic heterocycles. The zero-order chi connectivity index (χ0) is 14.2. The Morgan fingerprint density at radius 3 is 2.74 bits per heavy atom. The molecule has 2 rings (SSSR count). The van der Waals surface area contributed by atoms with Crippen molar-refractivity contribution in [1.82, 2.24) is 9.88 Å². The predicted octanol–water partition coefficient (Wildman–Crippen LogP) is 0.272. The number of rotatable bonds is 3. The summed E-state index contributed by atoms with van der Waals surface area (Å²) < 4.78 is 29.1. The van der Waals surface area contributed by atoms with E-state index < -0.39 is 26.7 Å². The average Bonchev–Trinajstić information content (AvgIpc) is 2.71. The van der Waals surface area contributed by atoms with E-state index >= 15 is 0 Å². The zero-order valence-corrected chi connectivity index (χ0v) is 11.3. The first-order chi connectivity index (χ1) is 8.79. The number of oxazole rings is 1. The van der Waals surface area contributed by atoms with Crippen molar-refractivity contribution in [1.29, 1.82) is 0 Å². The average molecular weight is 283 g/mol.